The van der Waals surface area contributed by atoms with E-state index >= 15 is 0 Å². The van der Waals surface area contributed by atoms with E-state index in [9.17, 15) is 9.59 Å². The molecular weight excluding hydrogens is 420 g/mol. The van der Waals surface area contributed by atoms with E-state index in [1.807, 2.05) is 69.8 Å². The van der Waals surface area contributed by atoms with Gasteiger partial charge in [-0.1, -0.05) is 56.3 Å². The lowest BCUT2D eigenvalue weighted by molar-refractivity contribution is -0.138. The Morgan fingerprint density at radius 2 is 1.94 bits per heavy atom. The number of hydrogen-bond acceptors (Lipinski definition) is 4. The van der Waals surface area contributed by atoms with E-state index in [-0.39, 0.29) is 17.9 Å². The summed E-state index contributed by atoms with van der Waals surface area (Å²) in [7, 11) is 0. The van der Waals surface area contributed by atoms with Crippen LogP contribution in [0.5, 0.6) is 0 Å². The van der Waals surface area contributed by atoms with Gasteiger partial charge in [0.2, 0.25) is 5.91 Å². The molecule has 168 valence electrons. The summed E-state index contributed by atoms with van der Waals surface area (Å²) in [6.07, 6.45) is 0.239. The Hall–Kier alpha value is -2.70. The number of thiophene rings is 1. The molecule has 2 amide bonds. The summed E-state index contributed by atoms with van der Waals surface area (Å²) in [6.45, 7) is 6.96. The number of amides is 2. The van der Waals surface area contributed by atoms with E-state index in [1.165, 1.54) is 0 Å². The molecule has 1 atom stereocenters. The van der Waals surface area contributed by atoms with Gasteiger partial charge in [-0.05, 0) is 34.2 Å². The minimum Gasteiger partial charge on any atom is -0.373 e. The van der Waals surface area contributed by atoms with Crippen molar-refractivity contribution in [2.45, 2.75) is 26.4 Å². The highest BCUT2D eigenvalue weighted by Gasteiger charge is 2.28. The van der Waals surface area contributed by atoms with E-state index in [1.54, 1.807) is 11.3 Å². The molecule has 3 aromatic rings. The fourth-order valence-electron chi connectivity index (χ4n) is 4.24. The van der Waals surface area contributed by atoms with Crippen LogP contribution in [0.2, 0.25) is 0 Å². The van der Waals surface area contributed by atoms with E-state index in [0.717, 1.165) is 15.6 Å². The summed E-state index contributed by atoms with van der Waals surface area (Å²) in [4.78, 5) is 31.2. The number of fused-ring (bicyclic) bond motifs is 1. The van der Waals surface area contributed by atoms with Crippen LogP contribution in [0.1, 0.15) is 29.1 Å². The predicted octanol–water partition coefficient (Wildman–Crippen LogP) is 4.47. The number of rotatable bonds is 7. The number of benzene rings is 2. The van der Waals surface area contributed by atoms with Crippen LogP contribution in [0.15, 0.2) is 60.0 Å². The van der Waals surface area contributed by atoms with Gasteiger partial charge in [0.05, 0.1) is 19.1 Å². The number of hydrogen-bond donors (Lipinski definition) is 0. The topological polar surface area (TPSA) is 49.9 Å². The van der Waals surface area contributed by atoms with Gasteiger partial charge < -0.3 is 14.5 Å². The van der Waals surface area contributed by atoms with Crippen molar-refractivity contribution >= 4 is 33.9 Å². The van der Waals surface area contributed by atoms with Gasteiger partial charge in [-0.2, -0.15) is 0 Å². The maximum absolute atomic E-state index is 13.6. The largest absolute Gasteiger partial charge is 0.373 e. The highest BCUT2D eigenvalue weighted by atomic mass is 32.1. The molecule has 1 aromatic heterocycles. The van der Waals surface area contributed by atoms with Crippen molar-refractivity contribution in [3.05, 3.63) is 70.4 Å². The molecular formula is C26H30N2O3S. The van der Waals surface area contributed by atoms with Gasteiger partial charge >= 0.3 is 0 Å². The lowest BCUT2D eigenvalue weighted by Gasteiger charge is -2.36. The van der Waals surface area contributed by atoms with Crippen LogP contribution in [-0.2, 0) is 16.0 Å². The van der Waals surface area contributed by atoms with Gasteiger partial charge in [0.25, 0.3) is 5.91 Å². The Labute approximate surface area is 193 Å². The molecule has 1 aliphatic rings. The zero-order valence-corrected chi connectivity index (χ0v) is 19.5. The molecule has 0 saturated carbocycles. The Morgan fingerprint density at radius 1 is 1.12 bits per heavy atom. The highest BCUT2D eigenvalue weighted by Crippen LogP contribution is 2.21. The Bertz CT molecular complexity index is 1060. The molecule has 6 heteroatoms. The molecule has 0 spiro atoms. The molecule has 0 unspecified atom stereocenters. The lowest BCUT2D eigenvalue weighted by atomic mass is 10.0. The number of ether oxygens (including phenoxy) is 1. The monoisotopic (exact) mass is 450 g/mol. The maximum atomic E-state index is 13.6. The van der Waals surface area contributed by atoms with Gasteiger partial charge in [0.15, 0.2) is 0 Å². The molecule has 1 fully saturated rings. The minimum absolute atomic E-state index is 0.0149. The molecule has 1 aliphatic heterocycles. The van der Waals surface area contributed by atoms with Crippen LogP contribution in [0.25, 0.3) is 10.8 Å². The first kappa shape index (κ1) is 22.5. The summed E-state index contributed by atoms with van der Waals surface area (Å²) in [5.41, 5.74) is 0.713. The minimum atomic E-state index is -0.186. The van der Waals surface area contributed by atoms with Gasteiger partial charge in [-0.25, -0.2) is 0 Å². The maximum Gasteiger partial charge on any atom is 0.254 e. The van der Waals surface area contributed by atoms with Crippen LogP contribution in [0, 0.1) is 5.92 Å². The van der Waals surface area contributed by atoms with Gasteiger partial charge in [0, 0.05) is 36.6 Å². The summed E-state index contributed by atoms with van der Waals surface area (Å²) >= 11 is 1.60. The first-order valence-corrected chi connectivity index (χ1v) is 12.1. The Morgan fingerprint density at radius 3 is 2.72 bits per heavy atom. The van der Waals surface area contributed by atoms with Crippen LogP contribution >= 0.6 is 11.3 Å². The van der Waals surface area contributed by atoms with Crippen molar-refractivity contribution in [2.75, 3.05) is 32.8 Å². The number of nitrogens with zero attached hydrogens (tertiary/aromatic N) is 2. The molecule has 2 heterocycles. The first-order valence-electron chi connectivity index (χ1n) is 11.2. The van der Waals surface area contributed by atoms with Gasteiger partial charge in [-0.15, -0.1) is 11.3 Å². The first-order chi connectivity index (χ1) is 15.5. The fourth-order valence-corrected chi connectivity index (χ4v) is 4.94. The van der Waals surface area contributed by atoms with Crippen molar-refractivity contribution in [3.63, 3.8) is 0 Å². The summed E-state index contributed by atoms with van der Waals surface area (Å²) in [5, 5.41) is 4.01. The average molecular weight is 451 g/mol. The Kier molecular flexibility index (Phi) is 7.22. The van der Waals surface area contributed by atoms with Crippen molar-refractivity contribution in [1.29, 1.82) is 0 Å². The number of carbonyl (C=O) groups excluding carboxylic acids is 2. The third-order valence-electron chi connectivity index (χ3n) is 5.71. The van der Waals surface area contributed by atoms with Crippen LogP contribution < -0.4 is 0 Å². The van der Waals surface area contributed by atoms with E-state index in [4.69, 9.17) is 4.74 Å². The second-order valence-electron chi connectivity index (χ2n) is 8.72. The molecule has 0 N–H and O–H groups in total. The Balaban J connectivity index is 1.48. The molecule has 1 saturated heterocycles. The number of morpholine rings is 1. The molecule has 0 bridgehead atoms. The lowest BCUT2D eigenvalue weighted by Crippen LogP contribution is -2.51. The van der Waals surface area contributed by atoms with Crippen molar-refractivity contribution in [1.82, 2.24) is 9.80 Å². The smallest absolute Gasteiger partial charge is 0.254 e. The second kappa shape index (κ2) is 10.3. The summed E-state index contributed by atoms with van der Waals surface area (Å²) in [5.74, 6) is 0.465. The van der Waals surface area contributed by atoms with Gasteiger partial charge in [0.1, 0.15) is 0 Å². The van der Waals surface area contributed by atoms with E-state index < -0.39 is 0 Å². The third kappa shape index (κ3) is 5.37. The molecule has 5 nitrogen and oxygen atoms in total. The normalized spacial score (nSPS) is 16.5. The average Bonchev–Trinajstić information content (AvgIpc) is 3.31. The van der Waals surface area contributed by atoms with Gasteiger partial charge in [-0.3, -0.25) is 9.59 Å². The standard InChI is InChI=1S/C26H30N2O3S/c1-19(2)16-28(26(30)24-11-5-8-20-7-3-4-10-23(20)24)18-21-17-27(12-13-31-21)25(29)15-22-9-6-14-32-22/h3-11,14,19,21H,12-13,15-18H2,1-2H3/t21-/m1/s1. The molecule has 2 aromatic carbocycles. The molecule has 0 radical (unpaired) electrons. The third-order valence-corrected chi connectivity index (χ3v) is 6.59. The zero-order chi connectivity index (χ0) is 22.5. The van der Waals surface area contributed by atoms with E-state index in [0.29, 0.717) is 50.7 Å². The molecule has 32 heavy (non-hydrogen) atoms. The van der Waals surface area contributed by atoms with Crippen LogP contribution in [0.3, 0.4) is 0 Å². The summed E-state index contributed by atoms with van der Waals surface area (Å²) < 4.78 is 5.99. The predicted molar refractivity (Wildman–Crippen MR) is 129 cm³/mol. The summed E-state index contributed by atoms with van der Waals surface area (Å²) in [6, 6.07) is 17.8. The SMILES string of the molecule is CC(C)CN(C[C@H]1CN(C(=O)Cc2cccs2)CCO1)C(=O)c1cccc2ccccc12. The highest BCUT2D eigenvalue weighted by molar-refractivity contribution is 7.10. The zero-order valence-electron chi connectivity index (χ0n) is 18.7. The van der Waals surface area contributed by atoms with Crippen LogP contribution in [-0.4, -0.2) is 60.5 Å². The van der Waals surface area contributed by atoms with Crippen molar-refractivity contribution < 1.29 is 14.3 Å². The molecule has 4 rings (SSSR count). The quantitative estimate of drug-likeness (QED) is 0.534. The van der Waals surface area contributed by atoms with Crippen molar-refractivity contribution in [3.8, 4) is 0 Å². The van der Waals surface area contributed by atoms with Crippen molar-refractivity contribution in [2.24, 2.45) is 5.92 Å². The van der Waals surface area contributed by atoms with Crippen LogP contribution in [0.4, 0.5) is 0 Å². The second-order valence-corrected chi connectivity index (χ2v) is 9.75. The fraction of sp³-hybridized carbons (Fsp3) is 0.385. The molecule has 0 aliphatic carbocycles. The van der Waals surface area contributed by atoms with E-state index in [2.05, 4.69) is 13.8 Å². The number of carbonyl (C=O) groups is 2.